The lowest BCUT2D eigenvalue weighted by Crippen LogP contribution is -2.35. The standard InChI is InChI=1S/C14H22N2O/c1-11-8-12(15)10-14(9-11)16(6-7-17)13-4-2-3-5-13/h8-10,13,17H,2-7,15H2,1H3. The first-order chi connectivity index (χ1) is 8.20. The first-order valence-corrected chi connectivity index (χ1v) is 6.45. The van der Waals surface area contributed by atoms with Gasteiger partial charge in [0.25, 0.3) is 0 Å². The Kier molecular flexibility index (Phi) is 3.89. The maximum Gasteiger partial charge on any atom is 0.0606 e. The van der Waals surface area contributed by atoms with Crippen LogP contribution in [0.1, 0.15) is 31.2 Å². The number of rotatable bonds is 4. The van der Waals surface area contributed by atoms with E-state index in [2.05, 4.69) is 17.9 Å². The molecule has 0 radical (unpaired) electrons. The van der Waals surface area contributed by atoms with Crippen LogP contribution in [0.25, 0.3) is 0 Å². The van der Waals surface area contributed by atoms with Crippen LogP contribution >= 0.6 is 0 Å². The van der Waals surface area contributed by atoms with Gasteiger partial charge in [0.05, 0.1) is 6.61 Å². The van der Waals surface area contributed by atoms with Crippen molar-refractivity contribution < 1.29 is 5.11 Å². The molecule has 0 aromatic heterocycles. The lowest BCUT2D eigenvalue weighted by atomic mass is 10.1. The predicted molar refractivity (Wildman–Crippen MR) is 72.3 cm³/mol. The zero-order valence-corrected chi connectivity index (χ0v) is 10.5. The van der Waals surface area contributed by atoms with E-state index in [1.807, 2.05) is 12.1 Å². The van der Waals surface area contributed by atoms with Gasteiger partial charge in [-0.25, -0.2) is 0 Å². The molecular formula is C14H22N2O. The molecule has 0 amide bonds. The van der Waals surface area contributed by atoms with Gasteiger partial charge in [0.1, 0.15) is 0 Å². The van der Waals surface area contributed by atoms with Crippen LogP contribution in [0.5, 0.6) is 0 Å². The van der Waals surface area contributed by atoms with E-state index in [-0.39, 0.29) is 6.61 Å². The number of hydrogen-bond donors (Lipinski definition) is 2. The van der Waals surface area contributed by atoms with Crippen molar-refractivity contribution in [2.24, 2.45) is 0 Å². The number of benzene rings is 1. The molecule has 0 heterocycles. The average Bonchev–Trinajstić information content (AvgIpc) is 2.77. The molecule has 1 aliphatic carbocycles. The Hall–Kier alpha value is -1.22. The minimum atomic E-state index is 0.199. The van der Waals surface area contributed by atoms with Gasteiger partial charge in [0.15, 0.2) is 0 Å². The van der Waals surface area contributed by atoms with E-state index in [0.29, 0.717) is 12.6 Å². The van der Waals surface area contributed by atoms with Crippen LogP contribution in [-0.2, 0) is 0 Å². The molecule has 1 saturated carbocycles. The fourth-order valence-corrected chi connectivity index (χ4v) is 2.80. The predicted octanol–water partition coefficient (Wildman–Crippen LogP) is 2.32. The molecule has 0 spiro atoms. The van der Waals surface area contributed by atoms with Crippen molar-refractivity contribution in [2.75, 3.05) is 23.8 Å². The number of nitrogen functional groups attached to an aromatic ring is 1. The maximum absolute atomic E-state index is 9.22. The molecule has 3 nitrogen and oxygen atoms in total. The Morgan fingerprint density at radius 1 is 1.29 bits per heavy atom. The number of nitrogens with two attached hydrogens (primary N) is 1. The van der Waals surface area contributed by atoms with E-state index in [0.717, 1.165) is 11.4 Å². The minimum absolute atomic E-state index is 0.199. The van der Waals surface area contributed by atoms with E-state index in [1.54, 1.807) is 0 Å². The molecule has 1 fully saturated rings. The Morgan fingerprint density at radius 2 is 2.00 bits per heavy atom. The number of anilines is 2. The van der Waals surface area contributed by atoms with Gasteiger partial charge < -0.3 is 15.7 Å². The fourth-order valence-electron chi connectivity index (χ4n) is 2.80. The molecule has 1 aromatic carbocycles. The lowest BCUT2D eigenvalue weighted by molar-refractivity contribution is 0.297. The number of aliphatic hydroxyl groups is 1. The van der Waals surface area contributed by atoms with Gasteiger partial charge in [-0.05, 0) is 43.5 Å². The second kappa shape index (κ2) is 5.41. The summed E-state index contributed by atoms with van der Waals surface area (Å²) in [6.07, 6.45) is 5.06. The molecule has 0 atom stereocenters. The van der Waals surface area contributed by atoms with E-state index in [9.17, 15) is 5.11 Å². The quantitative estimate of drug-likeness (QED) is 0.786. The van der Waals surface area contributed by atoms with Crippen LogP contribution in [-0.4, -0.2) is 24.3 Å². The highest BCUT2D eigenvalue weighted by atomic mass is 16.3. The summed E-state index contributed by atoms with van der Waals surface area (Å²) in [6.45, 7) is 2.96. The molecule has 2 rings (SSSR count). The third-order valence-corrected chi connectivity index (χ3v) is 3.52. The van der Waals surface area contributed by atoms with Gasteiger partial charge in [-0.15, -0.1) is 0 Å². The molecule has 1 aromatic rings. The molecule has 0 aliphatic heterocycles. The van der Waals surface area contributed by atoms with E-state index in [4.69, 9.17) is 5.73 Å². The molecular weight excluding hydrogens is 212 g/mol. The smallest absolute Gasteiger partial charge is 0.0606 e. The van der Waals surface area contributed by atoms with Gasteiger partial charge in [-0.1, -0.05) is 12.8 Å². The summed E-state index contributed by atoms with van der Waals surface area (Å²) in [5, 5.41) is 9.22. The van der Waals surface area contributed by atoms with Crippen molar-refractivity contribution in [3.63, 3.8) is 0 Å². The van der Waals surface area contributed by atoms with E-state index >= 15 is 0 Å². The topological polar surface area (TPSA) is 49.5 Å². The summed E-state index contributed by atoms with van der Waals surface area (Å²) in [7, 11) is 0. The lowest BCUT2D eigenvalue weighted by Gasteiger charge is -2.31. The number of aliphatic hydroxyl groups excluding tert-OH is 1. The van der Waals surface area contributed by atoms with Gasteiger partial charge in [-0.3, -0.25) is 0 Å². The highest BCUT2D eigenvalue weighted by Gasteiger charge is 2.22. The largest absolute Gasteiger partial charge is 0.399 e. The van der Waals surface area contributed by atoms with Crippen LogP contribution in [0.15, 0.2) is 18.2 Å². The van der Waals surface area contributed by atoms with Crippen molar-refractivity contribution in [3.05, 3.63) is 23.8 Å². The Balaban J connectivity index is 2.24. The number of nitrogens with zero attached hydrogens (tertiary/aromatic N) is 1. The summed E-state index contributed by atoms with van der Waals surface area (Å²) in [5.41, 5.74) is 9.05. The van der Waals surface area contributed by atoms with Crippen LogP contribution in [0.4, 0.5) is 11.4 Å². The molecule has 1 aliphatic rings. The Labute approximate surface area is 103 Å². The molecule has 17 heavy (non-hydrogen) atoms. The maximum atomic E-state index is 9.22. The number of aryl methyl sites for hydroxylation is 1. The highest BCUT2D eigenvalue weighted by molar-refractivity contribution is 5.59. The molecule has 3 heteroatoms. The van der Waals surface area contributed by atoms with Crippen LogP contribution in [0.2, 0.25) is 0 Å². The first kappa shape index (κ1) is 12.2. The van der Waals surface area contributed by atoms with Crippen molar-refractivity contribution in [2.45, 2.75) is 38.6 Å². The summed E-state index contributed by atoms with van der Waals surface area (Å²) in [4.78, 5) is 2.32. The average molecular weight is 234 g/mol. The van der Waals surface area contributed by atoms with Crippen molar-refractivity contribution in [3.8, 4) is 0 Å². The molecule has 0 saturated heterocycles. The van der Waals surface area contributed by atoms with Crippen molar-refractivity contribution in [1.82, 2.24) is 0 Å². The first-order valence-electron chi connectivity index (χ1n) is 6.45. The zero-order chi connectivity index (χ0) is 12.3. The molecule has 0 unspecified atom stereocenters. The summed E-state index contributed by atoms with van der Waals surface area (Å²) >= 11 is 0. The van der Waals surface area contributed by atoms with E-state index < -0.39 is 0 Å². The van der Waals surface area contributed by atoms with Gasteiger partial charge in [-0.2, -0.15) is 0 Å². The zero-order valence-electron chi connectivity index (χ0n) is 10.5. The third kappa shape index (κ3) is 2.91. The van der Waals surface area contributed by atoms with Crippen LogP contribution < -0.4 is 10.6 Å². The van der Waals surface area contributed by atoms with Crippen LogP contribution in [0, 0.1) is 6.92 Å². The van der Waals surface area contributed by atoms with Crippen molar-refractivity contribution >= 4 is 11.4 Å². The second-order valence-corrected chi connectivity index (χ2v) is 4.96. The molecule has 94 valence electrons. The van der Waals surface area contributed by atoms with Gasteiger partial charge in [0.2, 0.25) is 0 Å². The second-order valence-electron chi connectivity index (χ2n) is 4.96. The third-order valence-electron chi connectivity index (χ3n) is 3.52. The molecule has 3 N–H and O–H groups in total. The monoisotopic (exact) mass is 234 g/mol. The summed E-state index contributed by atoms with van der Waals surface area (Å²) in [6, 6.07) is 6.73. The van der Waals surface area contributed by atoms with Gasteiger partial charge in [0, 0.05) is 24.0 Å². The van der Waals surface area contributed by atoms with Gasteiger partial charge >= 0.3 is 0 Å². The summed E-state index contributed by atoms with van der Waals surface area (Å²) in [5.74, 6) is 0. The SMILES string of the molecule is Cc1cc(N)cc(N(CCO)C2CCCC2)c1. The minimum Gasteiger partial charge on any atom is -0.399 e. The molecule has 0 bridgehead atoms. The highest BCUT2D eigenvalue weighted by Crippen LogP contribution is 2.29. The summed E-state index contributed by atoms with van der Waals surface area (Å²) < 4.78 is 0. The van der Waals surface area contributed by atoms with Crippen molar-refractivity contribution in [1.29, 1.82) is 0 Å². The van der Waals surface area contributed by atoms with Crippen LogP contribution in [0.3, 0.4) is 0 Å². The Bertz CT molecular complexity index is 352. The normalized spacial score (nSPS) is 16.4. The van der Waals surface area contributed by atoms with E-state index in [1.165, 1.54) is 31.2 Å². The number of hydrogen-bond acceptors (Lipinski definition) is 3. The Morgan fingerprint density at radius 3 is 2.59 bits per heavy atom. The fraction of sp³-hybridized carbons (Fsp3) is 0.571.